The van der Waals surface area contributed by atoms with E-state index in [1.165, 1.54) is 12.1 Å². The molecule has 0 fully saturated rings. The number of halogens is 3. The monoisotopic (exact) mass is 400 g/mol. The summed E-state index contributed by atoms with van der Waals surface area (Å²) in [6.45, 7) is -1.23. The maximum Gasteiger partial charge on any atom is 0.277 e. The third kappa shape index (κ3) is 9.57. The Morgan fingerprint density at radius 1 is 1.24 bits per heavy atom. The predicted molar refractivity (Wildman–Crippen MR) is 93.2 cm³/mol. The molecule has 0 saturated carbocycles. The van der Waals surface area contributed by atoms with Crippen LogP contribution in [0.4, 0.5) is 8.78 Å². The number of benzene rings is 1. The van der Waals surface area contributed by atoms with Gasteiger partial charge in [-0.15, -0.1) is 12.4 Å². The number of alkyl halides is 2. The zero-order chi connectivity index (χ0) is 18.2. The molecule has 144 valence electrons. The van der Waals surface area contributed by atoms with Crippen molar-refractivity contribution in [3.05, 3.63) is 24.3 Å². The summed E-state index contributed by atoms with van der Waals surface area (Å²) in [4.78, 5) is 11.6. The van der Waals surface area contributed by atoms with Gasteiger partial charge in [0.2, 0.25) is 5.91 Å². The zero-order valence-electron chi connectivity index (χ0n) is 13.8. The minimum absolute atomic E-state index is 0. The molecule has 0 radical (unpaired) electrons. The van der Waals surface area contributed by atoms with Gasteiger partial charge in [-0.05, 0) is 37.1 Å². The number of sulfone groups is 1. The van der Waals surface area contributed by atoms with Crippen LogP contribution in [-0.4, -0.2) is 46.2 Å². The topological polar surface area (TPSA) is 98.5 Å². The number of unbranched alkanes of at least 4 members (excludes halogenated alkanes) is 1. The summed E-state index contributed by atoms with van der Waals surface area (Å²) in [5.74, 6) is -3.02. The van der Waals surface area contributed by atoms with Gasteiger partial charge in [-0.2, -0.15) is 0 Å². The average Bonchev–Trinajstić information content (AvgIpc) is 2.52. The Kier molecular flexibility index (Phi) is 9.91. The van der Waals surface area contributed by atoms with Gasteiger partial charge in [0, 0.05) is 12.7 Å². The molecule has 10 heteroatoms. The van der Waals surface area contributed by atoms with Crippen LogP contribution in [0.3, 0.4) is 0 Å². The normalized spacial score (nSPS) is 11.5. The molecule has 1 aromatic carbocycles. The Morgan fingerprint density at radius 2 is 1.84 bits per heavy atom. The Morgan fingerprint density at radius 3 is 2.36 bits per heavy atom. The molecular weight excluding hydrogens is 378 g/mol. The summed E-state index contributed by atoms with van der Waals surface area (Å²) in [7, 11) is -3.24. The number of hydrogen-bond donors (Lipinski definition) is 2. The maximum atomic E-state index is 12.8. The molecule has 0 aliphatic heterocycles. The summed E-state index contributed by atoms with van der Waals surface area (Å²) in [6, 6.07) is 6.02. The van der Waals surface area contributed by atoms with E-state index >= 15 is 0 Å². The van der Waals surface area contributed by atoms with Crippen molar-refractivity contribution in [2.24, 2.45) is 5.73 Å². The third-order valence-electron chi connectivity index (χ3n) is 3.16. The largest absolute Gasteiger partial charge is 0.494 e. The van der Waals surface area contributed by atoms with Gasteiger partial charge in [-0.3, -0.25) is 4.79 Å². The van der Waals surface area contributed by atoms with Gasteiger partial charge in [-0.1, -0.05) is 0 Å². The van der Waals surface area contributed by atoms with Crippen molar-refractivity contribution in [3.8, 4) is 5.75 Å². The number of nitrogens with one attached hydrogen (secondary N) is 1. The first-order valence-corrected chi connectivity index (χ1v) is 9.31. The van der Waals surface area contributed by atoms with E-state index in [0.717, 1.165) is 6.26 Å². The smallest absolute Gasteiger partial charge is 0.277 e. The van der Waals surface area contributed by atoms with Crippen LogP contribution < -0.4 is 15.8 Å². The number of nitrogens with two attached hydrogens (primary N) is 1. The van der Waals surface area contributed by atoms with Crippen molar-refractivity contribution in [1.29, 1.82) is 0 Å². The molecule has 0 bridgehead atoms. The number of hydrogen-bond acceptors (Lipinski definition) is 5. The van der Waals surface area contributed by atoms with Crippen molar-refractivity contribution in [3.63, 3.8) is 0 Å². The number of ether oxygens (including phenoxy) is 1. The zero-order valence-corrected chi connectivity index (χ0v) is 15.5. The second-order valence-corrected chi connectivity index (χ2v) is 7.40. The maximum absolute atomic E-state index is 12.8. The van der Waals surface area contributed by atoms with Crippen molar-refractivity contribution >= 4 is 28.2 Å². The molecule has 0 unspecified atom stereocenters. The molecule has 3 N–H and O–H groups in total. The van der Waals surface area contributed by atoms with E-state index in [1.54, 1.807) is 12.1 Å². The first-order valence-electron chi connectivity index (χ1n) is 7.41. The van der Waals surface area contributed by atoms with E-state index in [4.69, 9.17) is 10.5 Å². The second-order valence-electron chi connectivity index (χ2n) is 5.39. The van der Waals surface area contributed by atoms with Crippen molar-refractivity contribution in [2.45, 2.75) is 30.1 Å². The third-order valence-corrected chi connectivity index (χ3v) is 4.29. The molecule has 6 nitrogen and oxygen atoms in total. The van der Waals surface area contributed by atoms with Crippen LogP contribution in [0.5, 0.6) is 5.75 Å². The molecule has 0 aromatic heterocycles. The van der Waals surface area contributed by atoms with Gasteiger partial charge in [-0.25, -0.2) is 17.2 Å². The fourth-order valence-corrected chi connectivity index (χ4v) is 2.38. The highest BCUT2D eigenvalue weighted by atomic mass is 35.5. The lowest BCUT2D eigenvalue weighted by Crippen LogP contribution is -2.41. The highest BCUT2D eigenvalue weighted by Gasteiger charge is 2.26. The molecule has 0 spiro atoms. The molecule has 0 heterocycles. The summed E-state index contributed by atoms with van der Waals surface area (Å²) in [6.07, 6.45) is 2.30. The lowest BCUT2D eigenvalue weighted by Gasteiger charge is -2.14. The predicted octanol–water partition coefficient (Wildman–Crippen LogP) is 1.77. The van der Waals surface area contributed by atoms with Crippen LogP contribution in [0.15, 0.2) is 29.2 Å². The van der Waals surface area contributed by atoms with E-state index in [-0.39, 0.29) is 23.7 Å². The van der Waals surface area contributed by atoms with Crippen molar-refractivity contribution in [2.75, 3.05) is 26.0 Å². The van der Waals surface area contributed by atoms with E-state index in [2.05, 4.69) is 5.32 Å². The first-order chi connectivity index (χ1) is 11.1. The van der Waals surface area contributed by atoms with Crippen LogP contribution in [-0.2, 0) is 14.6 Å². The van der Waals surface area contributed by atoms with Gasteiger partial charge in [0.1, 0.15) is 5.75 Å². The van der Waals surface area contributed by atoms with Crippen molar-refractivity contribution < 1.29 is 26.7 Å². The van der Waals surface area contributed by atoms with Crippen LogP contribution in [0.2, 0.25) is 0 Å². The summed E-state index contributed by atoms with van der Waals surface area (Å²) in [5.41, 5.74) is 4.87. The van der Waals surface area contributed by atoms with Gasteiger partial charge in [0.25, 0.3) is 5.92 Å². The minimum Gasteiger partial charge on any atom is -0.494 e. The first kappa shape index (κ1) is 23.5. The van der Waals surface area contributed by atoms with Crippen LogP contribution in [0, 0.1) is 0 Å². The van der Waals surface area contributed by atoms with E-state index in [9.17, 15) is 22.0 Å². The molecule has 1 rings (SSSR count). The Labute approximate surface area is 152 Å². The molecule has 0 aliphatic carbocycles. The standard InChI is InChI=1S/C15H22F2N2O4S.ClH/c1-24(21,22)13-7-5-12(6-8-13)23-9-3-2-4-14(20)19-11-15(16,17)10-18;/h5-8H,2-4,9-11,18H2,1H3,(H,19,20);1H. The average molecular weight is 401 g/mol. The van der Waals surface area contributed by atoms with Gasteiger partial charge in [0.15, 0.2) is 9.84 Å². The van der Waals surface area contributed by atoms with E-state index < -0.39 is 34.8 Å². The molecule has 0 atom stereocenters. The summed E-state index contributed by atoms with van der Waals surface area (Å²) < 4.78 is 53.7. The fraction of sp³-hybridized carbons (Fsp3) is 0.533. The Balaban J connectivity index is 0.00000576. The van der Waals surface area contributed by atoms with Crippen LogP contribution in [0.25, 0.3) is 0 Å². The van der Waals surface area contributed by atoms with Gasteiger partial charge >= 0.3 is 0 Å². The SMILES string of the molecule is CS(=O)(=O)c1ccc(OCCCCC(=O)NCC(F)(F)CN)cc1.Cl. The molecule has 1 amide bonds. The lowest BCUT2D eigenvalue weighted by atomic mass is 10.2. The number of carbonyl (C=O) groups is 1. The number of amides is 1. The Bertz CT molecular complexity index is 639. The number of carbonyl (C=O) groups excluding carboxylic acids is 1. The quantitative estimate of drug-likeness (QED) is 0.583. The van der Waals surface area contributed by atoms with E-state index in [1.807, 2.05) is 0 Å². The van der Waals surface area contributed by atoms with Gasteiger partial charge < -0.3 is 15.8 Å². The number of rotatable bonds is 10. The Hall–Kier alpha value is -1.45. The van der Waals surface area contributed by atoms with Gasteiger partial charge in [0.05, 0.1) is 24.6 Å². The highest BCUT2D eigenvalue weighted by Crippen LogP contribution is 2.16. The molecule has 1 aromatic rings. The fourth-order valence-electron chi connectivity index (χ4n) is 1.75. The highest BCUT2D eigenvalue weighted by molar-refractivity contribution is 7.90. The minimum atomic E-state index is -3.24. The molecule has 0 aliphatic rings. The second kappa shape index (κ2) is 10.5. The summed E-state index contributed by atoms with van der Waals surface area (Å²) in [5, 5.41) is 2.14. The van der Waals surface area contributed by atoms with Crippen LogP contribution in [0.1, 0.15) is 19.3 Å². The molecule has 25 heavy (non-hydrogen) atoms. The van der Waals surface area contributed by atoms with Crippen molar-refractivity contribution in [1.82, 2.24) is 5.32 Å². The lowest BCUT2D eigenvalue weighted by molar-refractivity contribution is -0.123. The molecular formula is C15H23ClF2N2O4S. The van der Waals surface area contributed by atoms with Crippen LogP contribution >= 0.6 is 12.4 Å². The molecule has 0 saturated heterocycles. The van der Waals surface area contributed by atoms with E-state index in [0.29, 0.717) is 25.2 Å². The summed E-state index contributed by atoms with van der Waals surface area (Å²) >= 11 is 0.